The zero-order valence-corrected chi connectivity index (χ0v) is 22.0. The predicted molar refractivity (Wildman–Crippen MR) is 145 cm³/mol. The Morgan fingerprint density at radius 1 is 1.11 bits per heavy atom. The number of hydrogen-bond donors (Lipinski definition) is 1. The fourth-order valence-corrected chi connectivity index (χ4v) is 4.99. The Kier molecular flexibility index (Phi) is 8.12. The number of aliphatic imine (C=N–C) groups is 1. The molecule has 1 heterocycles. The van der Waals surface area contributed by atoms with Crippen molar-refractivity contribution in [3.05, 3.63) is 92.8 Å². The monoisotopic (exact) mass is 566 g/mol. The van der Waals surface area contributed by atoms with E-state index in [0.29, 0.717) is 29.0 Å². The van der Waals surface area contributed by atoms with Crippen molar-refractivity contribution in [2.75, 3.05) is 13.7 Å². The summed E-state index contributed by atoms with van der Waals surface area (Å²) in [4.78, 5) is 30.9. The molecule has 1 amide bonds. The maximum absolute atomic E-state index is 13.0. The van der Waals surface area contributed by atoms with Crippen LogP contribution in [0.15, 0.2) is 81.1 Å². The van der Waals surface area contributed by atoms with Gasteiger partial charge in [0.25, 0.3) is 5.91 Å². The topological polar surface area (TPSA) is 88.4 Å². The molecule has 1 aliphatic rings. The van der Waals surface area contributed by atoms with Crippen LogP contribution in [0, 0.1) is 0 Å². The number of carbonyl (C=O) groups is 2. The van der Waals surface area contributed by atoms with E-state index in [1.165, 1.54) is 11.8 Å². The lowest BCUT2D eigenvalue weighted by molar-refractivity contribution is -0.122. The number of benzene rings is 3. The molecule has 0 saturated carbocycles. The van der Waals surface area contributed by atoms with Crippen molar-refractivity contribution in [3.8, 4) is 11.5 Å². The van der Waals surface area contributed by atoms with Gasteiger partial charge in [0, 0.05) is 6.54 Å². The van der Waals surface area contributed by atoms with Gasteiger partial charge in [0.15, 0.2) is 5.17 Å². The lowest BCUT2D eigenvalue weighted by Crippen LogP contribution is -2.28. The van der Waals surface area contributed by atoms with Gasteiger partial charge >= 0.3 is 5.97 Å². The van der Waals surface area contributed by atoms with Gasteiger partial charge in [-0.3, -0.25) is 9.69 Å². The number of methoxy groups -OCH3 is 1. The van der Waals surface area contributed by atoms with Crippen molar-refractivity contribution >= 4 is 56.5 Å². The second-order valence-electron chi connectivity index (χ2n) is 7.73. The summed E-state index contributed by atoms with van der Waals surface area (Å²) in [5.74, 6) is 0.337. The largest absolute Gasteiger partial charge is 0.497 e. The molecule has 1 fully saturated rings. The lowest BCUT2D eigenvalue weighted by atomic mass is 10.1. The average molecular weight is 567 g/mol. The summed E-state index contributed by atoms with van der Waals surface area (Å²) in [6.45, 7) is 2.73. The van der Waals surface area contributed by atoms with Crippen LogP contribution < -0.4 is 9.47 Å². The molecule has 0 radical (unpaired) electrons. The van der Waals surface area contributed by atoms with Crippen LogP contribution in [-0.2, 0) is 11.4 Å². The quantitative estimate of drug-likeness (QED) is 0.319. The Morgan fingerprint density at radius 2 is 1.83 bits per heavy atom. The lowest BCUT2D eigenvalue weighted by Gasteiger charge is -2.12. The van der Waals surface area contributed by atoms with E-state index in [4.69, 9.17) is 14.6 Å². The fourth-order valence-electron chi connectivity index (χ4n) is 3.42. The van der Waals surface area contributed by atoms with Gasteiger partial charge in [-0.15, -0.1) is 0 Å². The molecule has 3 aromatic carbocycles. The van der Waals surface area contributed by atoms with Crippen LogP contribution in [0.25, 0.3) is 6.08 Å². The van der Waals surface area contributed by atoms with Crippen LogP contribution in [-0.4, -0.2) is 40.7 Å². The van der Waals surface area contributed by atoms with Gasteiger partial charge in [-0.2, -0.15) is 0 Å². The summed E-state index contributed by atoms with van der Waals surface area (Å²) >= 11 is 4.88. The molecule has 0 aromatic heterocycles. The Labute approximate surface area is 221 Å². The van der Waals surface area contributed by atoms with E-state index >= 15 is 0 Å². The number of hydrogen-bond acceptors (Lipinski definition) is 6. The number of rotatable bonds is 8. The van der Waals surface area contributed by atoms with E-state index < -0.39 is 5.97 Å². The summed E-state index contributed by atoms with van der Waals surface area (Å²) in [5, 5.41) is 9.64. The first-order valence-corrected chi connectivity index (χ1v) is 12.7. The van der Waals surface area contributed by atoms with Gasteiger partial charge in [0.1, 0.15) is 18.1 Å². The van der Waals surface area contributed by atoms with Crippen molar-refractivity contribution in [2.45, 2.75) is 13.5 Å². The number of aromatic carboxylic acids is 1. The molecule has 9 heteroatoms. The molecule has 0 spiro atoms. The molecule has 0 unspecified atom stereocenters. The summed E-state index contributed by atoms with van der Waals surface area (Å²) in [5.41, 5.74) is 2.68. The number of carboxylic acids is 1. The Bertz CT molecular complexity index is 1340. The highest BCUT2D eigenvalue weighted by Gasteiger charge is 2.32. The SMILES string of the molecule is CCN1C(=O)/C(=C\c2ccc(OCc3ccc(C(=O)O)cc3)c(Br)c2)SC1=Nc1ccc(OC)cc1. The minimum atomic E-state index is -0.963. The second kappa shape index (κ2) is 11.5. The highest BCUT2D eigenvalue weighted by atomic mass is 79.9. The molecule has 4 rings (SSSR count). The van der Waals surface area contributed by atoms with Gasteiger partial charge in [-0.25, -0.2) is 9.79 Å². The minimum Gasteiger partial charge on any atom is -0.497 e. The molecular weight excluding hydrogens is 544 g/mol. The van der Waals surface area contributed by atoms with Crippen LogP contribution in [0.1, 0.15) is 28.4 Å². The van der Waals surface area contributed by atoms with Crippen LogP contribution in [0.5, 0.6) is 11.5 Å². The van der Waals surface area contributed by atoms with Gasteiger partial charge in [-0.1, -0.05) is 18.2 Å². The standard InChI is InChI=1S/C27H23BrN2O5S/c1-3-30-25(31)24(36-27(30)29-20-9-11-21(34-2)12-10-20)15-18-6-13-23(22(28)14-18)35-16-17-4-7-19(8-5-17)26(32)33/h4-15H,3,16H2,1-2H3,(H,32,33)/b24-15+,29-27?. The van der Waals surface area contributed by atoms with E-state index in [1.807, 2.05) is 55.5 Å². The van der Waals surface area contributed by atoms with E-state index in [-0.39, 0.29) is 11.5 Å². The number of carbonyl (C=O) groups excluding carboxylic acids is 1. The molecule has 0 aliphatic carbocycles. The fraction of sp³-hybridized carbons (Fsp3) is 0.148. The highest BCUT2D eigenvalue weighted by molar-refractivity contribution is 9.10. The van der Waals surface area contributed by atoms with Gasteiger partial charge in [0.2, 0.25) is 0 Å². The molecule has 1 N–H and O–H groups in total. The zero-order chi connectivity index (χ0) is 25.7. The van der Waals surface area contributed by atoms with Gasteiger partial charge < -0.3 is 14.6 Å². The number of halogens is 1. The number of carboxylic acid groups (broad SMARTS) is 1. The molecule has 7 nitrogen and oxygen atoms in total. The first kappa shape index (κ1) is 25.5. The second-order valence-corrected chi connectivity index (χ2v) is 9.60. The van der Waals surface area contributed by atoms with E-state index in [2.05, 4.69) is 20.9 Å². The number of thioether (sulfide) groups is 1. The van der Waals surface area contributed by atoms with Crippen molar-refractivity contribution in [2.24, 2.45) is 4.99 Å². The van der Waals surface area contributed by atoms with E-state index in [0.717, 1.165) is 27.0 Å². The number of amidine groups is 1. The van der Waals surface area contributed by atoms with Crippen molar-refractivity contribution < 1.29 is 24.2 Å². The molecule has 1 aliphatic heterocycles. The van der Waals surface area contributed by atoms with Gasteiger partial charge in [-0.05, 0) is 100 Å². The molecule has 0 bridgehead atoms. The Morgan fingerprint density at radius 3 is 2.44 bits per heavy atom. The molecular formula is C27H23BrN2O5S. The summed E-state index contributed by atoms with van der Waals surface area (Å²) in [7, 11) is 1.61. The highest BCUT2D eigenvalue weighted by Crippen LogP contribution is 2.35. The predicted octanol–water partition coefficient (Wildman–Crippen LogP) is 6.36. The molecule has 3 aromatic rings. The normalized spacial score (nSPS) is 15.5. The maximum Gasteiger partial charge on any atom is 0.335 e. The summed E-state index contributed by atoms with van der Waals surface area (Å²) < 4.78 is 11.8. The van der Waals surface area contributed by atoms with E-state index in [9.17, 15) is 9.59 Å². The van der Waals surface area contributed by atoms with Crippen LogP contribution in [0.4, 0.5) is 5.69 Å². The smallest absolute Gasteiger partial charge is 0.335 e. The first-order valence-electron chi connectivity index (χ1n) is 11.1. The summed E-state index contributed by atoms with van der Waals surface area (Å²) in [6.07, 6.45) is 1.84. The number of nitrogens with zero attached hydrogens (tertiary/aromatic N) is 2. The summed E-state index contributed by atoms with van der Waals surface area (Å²) in [6, 6.07) is 19.5. The van der Waals surface area contributed by atoms with Crippen molar-refractivity contribution in [1.82, 2.24) is 4.90 Å². The molecule has 1 saturated heterocycles. The average Bonchev–Trinajstić information content (AvgIpc) is 3.17. The van der Waals surface area contributed by atoms with Gasteiger partial charge in [0.05, 0.1) is 27.7 Å². The van der Waals surface area contributed by atoms with E-state index in [1.54, 1.807) is 36.3 Å². The minimum absolute atomic E-state index is 0.0870. The van der Waals surface area contributed by atoms with Crippen molar-refractivity contribution in [1.29, 1.82) is 0 Å². The third-order valence-corrected chi connectivity index (χ3v) is 6.98. The molecule has 36 heavy (non-hydrogen) atoms. The maximum atomic E-state index is 13.0. The first-order chi connectivity index (χ1) is 17.4. The number of ether oxygens (including phenoxy) is 2. The number of likely N-dealkylation sites (N-methyl/N-ethyl adjacent to an activating group) is 1. The number of amides is 1. The van der Waals surface area contributed by atoms with Crippen LogP contribution >= 0.6 is 27.7 Å². The Hall–Kier alpha value is -3.56. The van der Waals surface area contributed by atoms with Crippen LogP contribution in [0.3, 0.4) is 0 Å². The molecule has 0 atom stereocenters. The van der Waals surface area contributed by atoms with Crippen molar-refractivity contribution in [3.63, 3.8) is 0 Å². The third-order valence-electron chi connectivity index (χ3n) is 5.35. The van der Waals surface area contributed by atoms with Crippen LogP contribution in [0.2, 0.25) is 0 Å². The Balaban J connectivity index is 1.47. The molecule has 184 valence electrons. The third kappa shape index (κ3) is 5.98. The zero-order valence-electron chi connectivity index (χ0n) is 19.6.